The molecule has 0 atom stereocenters. The molecular weight excluding hydrogens is 780 g/mol. The molecule has 0 spiro atoms. The molecule has 288 valence electrons. The van der Waals surface area contributed by atoms with Gasteiger partial charge in [0, 0.05) is 44.0 Å². The summed E-state index contributed by atoms with van der Waals surface area (Å²) in [6.07, 6.45) is 0. The molecule has 9 heteroatoms. The van der Waals surface area contributed by atoms with Crippen LogP contribution in [0.25, 0.3) is 42.4 Å². The van der Waals surface area contributed by atoms with Gasteiger partial charge < -0.3 is 28.7 Å². The Bertz CT molecular complexity index is 3010. The van der Waals surface area contributed by atoms with Crippen LogP contribution in [0, 0.1) is 6.92 Å². The van der Waals surface area contributed by atoms with Gasteiger partial charge in [-0.25, -0.2) is 0 Å². The number of anilines is 6. The maximum atomic E-state index is 6.36. The van der Waals surface area contributed by atoms with Crippen LogP contribution in [0.5, 0.6) is 23.0 Å². The zero-order valence-corrected chi connectivity index (χ0v) is 34.2. The highest BCUT2D eigenvalue weighted by atomic mass is 32.1. The number of benzene rings is 7. The Morgan fingerprint density at radius 1 is 0.433 bits per heavy atom. The molecule has 7 aromatic carbocycles. The molecule has 0 aliphatic carbocycles. The van der Waals surface area contributed by atoms with E-state index in [2.05, 4.69) is 162 Å². The van der Waals surface area contributed by atoms with Crippen LogP contribution in [-0.4, -0.2) is 33.1 Å². The third-order valence-electron chi connectivity index (χ3n) is 12.2. The summed E-state index contributed by atoms with van der Waals surface area (Å²) >= 11 is 3.74. The van der Waals surface area contributed by atoms with Crippen LogP contribution in [0.15, 0.2) is 146 Å². The second kappa shape index (κ2) is 13.2. The average Bonchev–Trinajstić information content (AvgIpc) is 3.88. The van der Waals surface area contributed by atoms with Gasteiger partial charge in [-0.1, -0.05) is 97.1 Å². The lowest BCUT2D eigenvalue weighted by atomic mass is 9.33. The summed E-state index contributed by atoms with van der Waals surface area (Å²) in [7, 11) is 0. The highest BCUT2D eigenvalue weighted by Gasteiger charge is 2.48. The molecule has 0 amide bonds. The van der Waals surface area contributed by atoms with Crippen molar-refractivity contribution in [3.8, 4) is 45.3 Å². The van der Waals surface area contributed by atoms with E-state index in [1.807, 2.05) is 22.7 Å². The van der Waals surface area contributed by atoms with Crippen molar-refractivity contribution in [2.45, 2.75) is 6.92 Å². The van der Waals surface area contributed by atoms with Gasteiger partial charge in [0.2, 0.25) is 0 Å². The van der Waals surface area contributed by atoms with Crippen molar-refractivity contribution in [1.29, 1.82) is 0 Å². The lowest BCUT2D eigenvalue weighted by Gasteiger charge is -2.43. The lowest BCUT2D eigenvalue weighted by Crippen LogP contribution is -2.60. The first kappa shape index (κ1) is 34.2. The zero-order valence-electron chi connectivity index (χ0n) is 32.6. The normalized spacial score (nSPS) is 14.6. The SMILES string of the molecule is Cc1cc2c3c(c1)N(c1cc4c(cc1-c1ccccc1)OCCO4)c1sc4ccccc4c1B3c1c(sc3ccccc13)N2c1cc2c(cc1-c1ccccc1)OCCO2. The highest BCUT2D eigenvalue weighted by molar-refractivity contribution is 7.29. The molecule has 0 saturated carbocycles. The molecule has 0 bridgehead atoms. The van der Waals surface area contributed by atoms with E-state index in [4.69, 9.17) is 18.9 Å². The summed E-state index contributed by atoms with van der Waals surface area (Å²) < 4.78 is 27.8. The third kappa shape index (κ3) is 4.99. The monoisotopic (exact) mass is 814 g/mol. The predicted octanol–water partition coefficient (Wildman–Crippen LogP) is 11.4. The second-order valence-corrected chi connectivity index (χ2v) is 17.8. The van der Waals surface area contributed by atoms with E-state index in [0.29, 0.717) is 26.4 Å². The second-order valence-electron chi connectivity index (χ2n) is 15.7. The molecule has 13 rings (SSSR count). The van der Waals surface area contributed by atoms with E-state index in [1.54, 1.807) is 0 Å². The number of hydrogen-bond donors (Lipinski definition) is 0. The largest absolute Gasteiger partial charge is 0.486 e. The number of rotatable bonds is 4. The Hall–Kier alpha value is -6.68. The van der Waals surface area contributed by atoms with Crippen molar-refractivity contribution in [1.82, 2.24) is 0 Å². The van der Waals surface area contributed by atoms with E-state index >= 15 is 0 Å². The van der Waals surface area contributed by atoms with Crippen LogP contribution in [0.2, 0.25) is 0 Å². The number of hydrogen-bond acceptors (Lipinski definition) is 8. The first-order valence-corrected chi connectivity index (χ1v) is 22.1. The fourth-order valence-electron chi connectivity index (χ4n) is 9.77. The minimum absolute atomic E-state index is 0.0322. The summed E-state index contributed by atoms with van der Waals surface area (Å²) in [5.41, 5.74) is 13.9. The Labute approximate surface area is 355 Å². The molecule has 6 heterocycles. The fourth-order valence-corrected chi connectivity index (χ4v) is 12.3. The van der Waals surface area contributed by atoms with Gasteiger partial charge in [-0.3, -0.25) is 0 Å². The van der Waals surface area contributed by atoms with Crippen LogP contribution in [0.1, 0.15) is 5.56 Å². The van der Waals surface area contributed by atoms with Crippen molar-refractivity contribution in [3.63, 3.8) is 0 Å². The summed E-state index contributed by atoms with van der Waals surface area (Å²) in [5, 5.41) is 5.00. The molecule has 2 aromatic heterocycles. The average molecular weight is 815 g/mol. The summed E-state index contributed by atoms with van der Waals surface area (Å²) in [6.45, 7) is 4.26. The fraction of sp³-hybridized carbons (Fsp3) is 0.0980. The Balaban J connectivity index is 1.17. The van der Waals surface area contributed by atoms with E-state index < -0.39 is 0 Å². The summed E-state index contributed by atoms with van der Waals surface area (Å²) in [5.74, 6) is 3.07. The maximum Gasteiger partial charge on any atom is 0.256 e. The molecule has 0 radical (unpaired) electrons. The van der Waals surface area contributed by atoms with Crippen molar-refractivity contribution < 1.29 is 18.9 Å². The first-order valence-electron chi connectivity index (χ1n) is 20.4. The molecule has 0 N–H and O–H groups in total. The number of ether oxygens (including phenoxy) is 4. The number of aryl methyl sites for hydroxylation is 1. The number of fused-ring (bicyclic) bond motifs is 10. The molecule has 4 aliphatic heterocycles. The topological polar surface area (TPSA) is 43.4 Å². The standard InChI is InChI=1S/C51H35BN2O4S2/c1-30-24-39-49-40(25-30)54(38-29-44-42(56-21-23-58-44)27-36(38)32-14-6-3-7-15-32)51-48(34-17-9-11-19-46(34)60-51)52(49)47-33-16-8-10-18-45(33)59-50(47)53(39)37-28-43-41(55-20-22-57-43)26-35(37)31-12-4-2-5-13-31/h2-19,24-29H,20-23H2,1H3. The van der Waals surface area contributed by atoms with Gasteiger partial charge in [-0.05, 0) is 87.2 Å². The van der Waals surface area contributed by atoms with Crippen LogP contribution in [-0.2, 0) is 0 Å². The molecule has 4 aliphatic rings. The molecule has 0 unspecified atom stereocenters. The van der Waals surface area contributed by atoms with Crippen LogP contribution in [0.4, 0.5) is 32.8 Å². The molecule has 6 nitrogen and oxygen atoms in total. The minimum Gasteiger partial charge on any atom is -0.486 e. The van der Waals surface area contributed by atoms with E-state index in [-0.39, 0.29) is 6.71 Å². The van der Waals surface area contributed by atoms with Crippen molar-refractivity contribution >= 4 is 98.7 Å². The molecule has 9 aromatic rings. The number of thiophene rings is 2. The van der Waals surface area contributed by atoms with Crippen LogP contribution < -0.4 is 45.1 Å². The Kier molecular flexibility index (Phi) is 7.51. The van der Waals surface area contributed by atoms with Gasteiger partial charge in [0.25, 0.3) is 6.71 Å². The van der Waals surface area contributed by atoms with E-state index in [1.165, 1.54) is 52.1 Å². The van der Waals surface area contributed by atoms with Gasteiger partial charge >= 0.3 is 0 Å². The van der Waals surface area contributed by atoms with Crippen LogP contribution >= 0.6 is 22.7 Å². The predicted molar refractivity (Wildman–Crippen MR) is 249 cm³/mol. The first-order chi connectivity index (χ1) is 29.7. The van der Waals surface area contributed by atoms with Gasteiger partial charge in [0.1, 0.15) is 26.4 Å². The van der Waals surface area contributed by atoms with Gasteiger partial charge in [0.05, 0.1) is 21.4 Å². The lowest BCUT2D eigenvalue weighted by molar-refractivity contribution is 0.172. The van der Waals surface area contributed by atoms with Crippen molar-refractivity contribution in [2.75, 3.05) is 36.2 Å². The van der Waals surface area contributed by atoms with Gasteiger partial charge in [-0.15, -0.1) is 22.7 Å². The van der Waals surface area contributed by atoms with Gasteiger partial charge in [0.15, 0.2) is 23.0 Å². The Morgan fingerprint density at radius 2 is 0.833 bits per heavy atom. The maximum absolute atomic E-state index is 6.36. The quantitative estimate of drug-likeness (QED) is 0.165. The molecule has 0 fully saturated rings. The van der Waals surface area contributed by atoms with E-state index in [0.717, 1.165) is 68.0 Å². The van der Waals surface area contributed by atoms with Crippen molar-refractivity contribution in [3.05, 3.63) is 151 Å². The minimum atomic E-state index is -0.0322. The third-order valence-corrected chi connectivity index (χ3v) is 14.6. The smallest absolute Gasteiger partial charge is 0.256 e. The van der Waals surface area contributed by atoms with Crippen molar-refractivity contribution in [2.24, 2.45) is 0 Å². The van der Waals surface area contributed by atoms with Gasteiger partial charge in [-0.2, -0.15) is 0 Å². The summed E-state index contributed by atoms with van der Waals surface area (Å²) in [4.78, 5) is 5.06. The van der Waals surface area contributed by atoms with Crippen LogP contribution in [0.3, 0.4) is 0 Å². The Morgan fingerprint density at radius 3 is 1.28 bits per heavy atom. The zero-order chi connectivity index (χ0) is 39.5. The molecule has 60 heavy (non-hydrogen) atoms. The highest BCUT2D eigenvalue weighted by Crippen LogP contribution is 2.55. The number of nitrogens with zero attached hydrogens (tertiary/aromatic N) is 2. The molecule has 0 saturated heterocycles. The summed E-state index contributed by atoms with van der Waals surface area (Å²) in [6, 6.07) is 52.8. The van der Waals surface area contributed by atoms with E-state index in [9.17, 15) is 0 Å². The molecular formula is C51H35BN2O4S2.